The summed E-state index contributed by atoms with van der Waals surface area (Å²) in [5.74, 6) is -0.692. The van der Waals surface area contributed by atoms with Crippen molar-refractivity contribution < 1.29 is 23.9 Å². The topological polar surface area (TPSA) is 81.7 Å². The van der Waals surface area contributed by atoms with Crippen LogP contribution in [-0.2, 0) is 14.3 Å². The van der Waals surface area contributed by atoms with E-state index in [1.165, 1.54) is 7.11 Å². The molecule has 2 rings (SSSR count). The SMILES string of the molecule is CC[C@H](C)[C@H](NC(=O)COc1ccc2ccccc2c1C=O)C(=O)OC. The summed E-state index contributed by atoms with van der Waals surface area (Å²) in [5.41, 5.74) is 0.391. The number of hydrogen-bond donors (Lipinski definition) is 1. The quantitative estimate of drug-likeness (QED) is 0.580. The molecule has 0 aliphatic heterocycles. The molecule has 0 saturated heterocycles. The number of ether oxygens (including phenoxy) is 2. The molecule has 0 spiro atoms. The number of aldehydes is 1. The van der Waals surface area contributed by atoms with Crippen LogP contribution in [0.3, 0.4) is 0 Å². The van der Waals surface area contributed by atoms with Crippen LogP contribution in [0.4, 0.5) is 0 Å². The third kappa shape index (κ3) is 4.39. The van der Waals surface area contributed by atoms with E-state index < -0.39 is 17.9 Å². The first-order valence-electron chi connectivity index (χ1n) is 8.48. The van der Waals surface area contributed by atoms with Crippen LogP contribution in [0.25, 0.3) is 10.8 Å². The highest BCUT2D eigenvalue weighted by atomic mass is 16.5. The molecule has 2 aromatic carbocycles. The summed E-state index contributed by atoms with van der Waals surface area (Å²) in [6, 6.07) is 10.2. The normalized spacial score (nSPS) is 12.9. The summed E-state index contributed by atoms with van der Waals surface area (Å²) in [4.78, 5) is 35.5. The van der Waals surface area contributed by atoms with E-state index in [1.807, 2.05) is 44.2 Å². The summed E-state index contributed by atoms with van der Waals surface area (Å²) in [5, 5.41) is 4.30. The van der Waals surface area contributed by atoms with E-state index >= 15 is 0 Å². The molecule has 0 radical (unpaired) electrons. The van der Waals surface area contributed by atoms with Crippen molar-refractivity contribution >= 4 is 28.9 Å². The number of benzene rings is 2. The van der Waals surface area contributed by atoms with E-state index in [2.05, 4.69) is 5.32 Å². The van der Waals surface area contributed by atoms with Gasteiger partial charge < -0.3 is 14.8 Å². The highest BCUT2D eigenvalue weighted by molar-refractivity contribution is 6.00. The second kappa shape index (κ2) is 8.99. The summed E-state index contributed by atoms with van der Waals surface area (Å²) in [6.07, 6.45) is 1.42. The van der Waals surface area contributed by atoms with Gasteiger partial charge in [0.2, 0.25) is 0 Å². The lowest BCUT2D eigenvalue weighted by atomic mass is 9.99. The summed E-state index contributed by atoms with van der Waals surface area (Å²) in [7, 11) is 1.28. The molecule has 1 N–H and O–H groups in total. The van der Waals surface area contributed by atoms with Gasteiger partial charge >= 0.3 is 5.97 Å². The predicted molar refractivity (Wildman–Crippen MR) is 98.2 cm³/mol. The fraction of sp³-hybridized carbons (Fsp3) is 0.350. The Balaban J connectivity index is 2.10. The molecule has 0 unspecified atom stereocenters. The third-order valence-corrected chi connectivity index (χ3v) is 4.39. The smallest absolute Gasteiger partial charge is 0.328 e. The van der Waals surface area contributed by atoms with Crippen LogP contribution in [-0.4, -0.2) is 37.9 Å². The number of esters is 1. The molecule has 0 fully saturated rings. The van der Waals surface area contributed by atoms with Gasteiger partial charge in [0.15, 0.2) is 12.9 Å². The van der Waals surface area contributed by atoms with Gasteiger partial charge in [0.1, 0.15) is 11.8 Å². The first-order chi connectivity index (χ1) is 12.5. The van der Waals surface area contributed by atoms with Crippen molar-refractivity contribution in [2.45, 2.75) is 26.3 Å². The average molecular weight is 357 g/mol. The maximum atomic E-state index is 12.2. The molecule has 138 valence electrons. The lowest BCUT2D eigenvalue weighted by Gasteiger charge is -2.22. The van der Waals surface area contributed by atoms with Gasteiger partial charge in [-0.25, -0.2) is 4.79 Å². The van der Waals surface area contributed by atoms with Gasteiger partial charge in [-0.2, -0.15) is 0 Å². The number of fused-ring (bicyclic) bond motifs is 1. The van der Waals surface area contributed by atoms with E-state index in [1.54, 1.807) is 6.07 Å². The number of carbonyl (C=O) groups excluding carboxylic acids is 3. The molecule has 0 aromatic heterocycles. The fourth-order valence-electron chi connectivity index (χ4n) is 2.68. The number of nitrogens with one attached hydrogen (secondary N) is 1. The zero-order valence-corrected chi connectivity index (χ0v) is 15.2. The molecular weight excluding hydrogens is 334 g/mol. The van der Waals surface area contributed by atoms with Gasteiger partial charge in [0.05, 0.1) is 12.7 Å². The van der Waals surface area contributed by atoms with Gasteiger partial charge in [0, 0.05) is 0 Å². The highest BCUT2D eigenvalue weighted by Crippen LogP contribution is 2.26. The Kier molecular flexibility index (Phi) is 6.72. The molecule has 6 heteroatoms. The Morgan fingerprint density at radius 2 is 1.92 bits per heavy atom. The van der Waals surface area contributed by atoms with Gasteiger partial charge in [-0.3, -0.25) is 9.59 Å². The molecule has 26 heavy (non-hydrogen) atoms. The molecule has 0 saturated carbocycles. The average Bonchev–Trinajstić information content (AvgIpc) is 2.68. The van der Waals surface area contributed by atoms with Gasteiger partial charge in [-0.1, -0.05) is 50.6 Å². The van der Waals surface area contributed by atoms with Crippen LogP contribution >= 0.6 is 0 Å². The number of hydrogen-bond acceptors (Lipinski definition) is 5. The Morgan fingerprint density at radius 1 is 1.19 bits per heavy atom. The van der Waals surface area contributed by atoms with Gasteiger partial charge in [0.25, 0.3) is 5.91 Å². The van der Waals surface area contributed by atoms with Gasteiger partial charge in [-0.15, -0.1) is 0 Å². The molecule has 2 atom stereocenters. The van der Waals surface area contributed by atoms with Crippen LogP contribution < -0.4 is 10.1 Å². The minimum absolute atomic E-state index is 0.0717. The molecule has 2 aromatic rings. The molecule has 0 aliphatic carbocycles. The Hall–Kier alpha value is -2.89. The number of rotatable bonds is 8. The highest BCUT2D eigenvalue weighted by Gasteiger charge is 2.26. The molecular formula is C20H23NO5. The number of amides is 1. The Morgan fingerprint density at radius 3 is 2.58 bits per heavy atom. The van der Waals surface area contributed by atoms with Crippen molar-refractivity contribution in [2.24, 2.45) is 5.92 Å². The molecule has 0 heterocycles. The van der Waals surface area contributed by atoms with Crippen LogP contribution in [0.2, 0.25) is 0 Å². The standard InChI is InChI=1S/C20H23NO5/c1-4-13(2)19(20(24)25-3)21-18(23)12-26-17-10-9-14-7-5-6-8-15(14)16(17)11-22/h5-11,13,19H,4,12H2,1-3H3,(H,21,23)/t13-,19-/m0/s1. The first-order valence-corrected chi connectivity index (χ1v) is 8.48. The second-order valence-electron chi connectivity index (χ2n) is 6.06. The van der Waals surface area contributed by atoms with Crippen LogP contribution in [0, 0.1) is 5.92 Å². The molecule has 0 aliphatic rings. The predicted octanol–water partition coefficient (Wildman–Crippen LogP) is 2.74. The number of methoxy groups -OCH3 is 1. The molecule has 0 bridgehead atoms. The van der Waals surface area contributed by atoms with Crippen molar-refractivity contribution in [2.75, 3.05) is 13.7 Å². The molecule has 6 nitrogen and oxygen atoms in total. The van der Waals surface area contributed by atoms with E-state index in [0.29, 0.717) is 24.0 Å². The monoisotopic (exact) mass is 357 g/mol. The fourth-order valence-corrected chi connectivity index (χ4v) is 2.68. The third-order valence-electron chi connectivity index (χ3n) is 4.39. The lowest BCUT2D eigenvalue weighted by molar-refractivity contribution is -0.146. The van der Waals surface area contributed by atoms with Crippen LogP contribution in [0.1, 0.15) is 30.6 Å². The zero-order valence-electron chi connectivity index (χ0n) is 15.2. The minimum Gasteiger partial charge on any atom is -0.483 e. The zero-order chi connectivity index (χ0) is 19.1. The van der Waals surface area contributed by atoms with Crippen LogP contribution in [0.15, 0.2) is 36.4 Å². The molecule has 1 amide bonds. The van der Waals surface area contributed by atoms with E-state index in [0.717, 1.165) is 10.8 Å². The van der Waals surface area contributed by atoms with Crippen molar-refractivity contribution in [3.63, 3.8) is 0 Å². The van der Waals surface area contributed by atoms with Crippen molar-refractivity contribution in [3.8, 4) is 5.75 Å². The van der Waals surface area contributed by atoms with E-state index in [4.69, 9.17) is 9.47 Å². The maximum Gasteiger partial charge on any atom is 0.328 e. The summed E-state index contributed by atoms with van der Waals surface area (Å²) >= 11 is 0. The van der Waals surface area contributed by atoms with Crippen LogP contribution in [0.5, 0.6) is 5.75 Å². The summed E-state index contributed by atoms with van der Waals surface area (Å²) in [6.45, 7) is 3.48. The Labute approximate surface area is 152 Å². The van der Waals surface area contributed by atoms with Gasteiger partial charge in [-0.05, 0) is 22.8 Å². The lowest BCUT2D eigenvalue weighted by Crippen LogP contribution is -2.47. The van der Waals surface area contributed by atoms with Crippen molar-refractivity contribution in [3.05, 3.63) is 42.0 Å². The maximum absolute atomic E-state index is 12.2. The first kappa shape index (κ1) is 19.4. The number of carbonyl (C=O) groups is 3. The van der Waals surface area contributed by atoms with Crippen molar-refractivity contribution in [1.29, 1.82) is 0 Å². The Bertz CT molecular complexity index is 802. The second-order valence-corrected chi connectivity index (χ2v) is 6.06. The largest absolute Gasteiger partial charge is 0.483 e. The van der Waals surface area contributed by atoms with E-state index in [9.17, 15) is 14.4 Å². The minimum atomic E-state index is -0.733. The van der Waals surface area contributed by atoms with Crippen molar-refractivity contribution in [1.82, 2.24) is 5.32 Å². The summed E-state index contributed by atoms with van der Waals surface area (Å²) < 4.78 is 10.3. The van der Waals surface area contributed by atoms with E-state index in [-0.39, 0.29) is 12.5 Å².